The molecule has 86 valence electrons. The summed E-state index contributed by atoms with van der Waals surface area (Å²) in [5, 5.41) is 15.7. The number of hydrogen-bond donors (Lipinski definition) is 2. The number of nitrogen functional groups attached to an aromatic ring is 1. The van der Waals surface area contributed by atoms with Crippen molar-refractivity contribution in [1.29, 1.82) is 0 Å². The zero-order chi connectivity index (χ0) is 12.4. The highest BCUT2D eigenvalue weighted by Gasteiger charge is 2.14. The molecule has 0 saturated carbocycles. The van der Waals surface area contributed by atoms with Crippen molar-refractivity contribution in [3.05, 3.63) is 35.8 Å². The van der Waals surface area contributed by atoms with E-state index in [0.717, 1.165) is 0 Å². The van der Waals surface area contributed by atoms with Crippen molar-refractivity contribution in [2.24, 2.45) is 0 Å². The Morgan fingerprint density at radius 3 is 2.71 bits per heavy atom. The third-order valence-electron chi connectivity index (χ3n) is 2.00. The number of rotatable bonds is 2. The van der Waals surface area contributed by atoms with Crippen LogP contribution in [0.1, 0.15) is 10.5 Å². The molecule has 7 heteroatoms. The second-order valence-electron chi connectivity index (χ2n) is 3.18. The van der Waals surface area contributed by atoms with E-state index in [0.29, 0.717) is 5.56 Å². The number of halogens is 1. The van der Waals surface area contributed by atoms with Crippen molar-refractivity contribution in [2.45, 2.75) is 0 Å². The van der Waals surface area contributed by atoms with E-state index in [1.165, 1.54) is 18.2 Å². The molecule has 17 heavy (non-hydrogen) atoms. The summed E-state index contributed by atoms with van der Waals surface area (Å²) in [5.74, 6) is -1.95. The van der Waals surface area contributed by atoms with Crippen LogP contribution in [0.4, 0.5) is 10.2 Å². The fourth-order valence-corrected chi connectivity index (χ4v) is 1.24. The van der Waals surface area contributed by atoms with Gasteiger partial charge in [-0.15, -0.1) is 10.2 Å². The van der Waals surface area contributed by atoms with Crippen LogP contribution < -0.4 is 5.73 Å². The molecular weight excluding hydrogens is 227 g/mol. The predicted molar refractivity (Wildman–Crippen MR) is 56.6 cm³/mol. The molecule has 0 unspecified atom stereocenters. The quantitative estimate of drug-likeness (QED) is 0.802. The molecule has 1 aromatic carbocycles. The minimum Gasteiger partial charge on any atom is -0.476 e. The number of carbonyl (C=O) groups is 1. The van der Waals surface area contributed by atoms with Gasteiger partial charge in [0.15, 0.2) is 11.6 Å². The van der Waals surface area contributed by atoms with Crippen molar-refractivity contribution in [2.75, 3.05) is 5.73 Å². The molecule has 0 atom stereocenters. The molecule has 0 bridgehead atoms. The van der Waals surface area contributed by atoms with Gasteiger partial charge in [-0.3, -0.25) is 0 Å². The summed E-state index contributed by atoms with van der Waals surface area (Å²) < 4.78 is 13.0. The maximum atomic E-state index is 13.0. The molecule has 0 aliphatic heterocycles. The van der Waals surface area contributed by atoms with E-state index in [4.69, 9.17) is 10.8 Å². The van der Waals surface area contributed by atoms with E-state index >= 15 is 0 Å². The molecule has 3 N–H and O–H groups in total. The molecular formula is C10H7FN4O2. The minimum atomic E-state index is -1.31. The summed E-state index contributed by atoms with van der Waals surface area (Å²) in [7, 11) is 0. The molecule has 1 heterocycles. The molecule has 1 aromatic heterocycles. The van der Waals surface area contributed by atoms with Crippen LogP contribution in [0, 0.1) is 5.82 Å². The van der Waals surface area contributed by atoms with Crippen molar-refractivity contribution >= 4 is 11.8 Å². The maximum absolute atomic E-state index is 13.0. The van der Waals surface area contributed by atoms with Gasteiger partial charge in [-0.2, -0.15) is 0 Å². The first-order valence-electron chi connectivity index (χ1n) is 4.57. The highest BCUT2D eigenvalue weighted by Crippen LogP contribution is 2.16. The van der Waals surface area contributed by atoms with Gasteiger partial charge in [0.25, 0.3) is 0 Å². The van der Waals surface area contributed by atoms with Crippen LogP contribution >= 0.6 is 0 Å². The number of carboxylic acids is 1. The largest absolute Gasteiger partial charge is 0.476 e. The van der Waals surface area contributed by atoms with E-state index in [-0.39, 0.29) is 11.6 Å². The Balaban J connectivity index is 2.48. The first-order valence-corrected chi connectivity index (χ1v) is 4.57. The average Bonchev–Trinajstić information content (AvgIpc) is 2.28. The van der Waals surface area contributed by atoms with Gasteiger partial charge in [-0.1, -0.05) is 12.1 Å². The zero-order valence-electron chi connectivity index (χ0n) is 8.46. The molecule has 2 aromatic rings. The topological polar surface area (TPSA) is 102 Å². The second-order valence-corrected chi connectivity index (χ2v) is 3.18. The number of anilines is 1. The second kappa shape index (κ2) is 4.12. The van der Waals surface area contributed by atoms with Crippen LogP contribution in [-0.2, 0) is 0 Å². The molecule has 0 radical (unpaired) electrons. The molecule has 0 saturated heterocycles. The van der Waals surface area contributed by atoms with Crippen molar-refractivity contribution in [1.82, 2.24) is 15.2 Å². The summed E-state index contributed by atoms with van der Waals surface area (Å²) in [6.07, 6.45) is 0. The number of benzene rings is 1. The fraction of sp³-hybridized carbons (Fsp3) is 0. The Morgan fingerprint density at radius 1 is 1.35 bits per heavy atom. The summed E-state index contributed by atoms with van der Waals surface area (Å²) in [6, 6.07) is 5.53. The van der Waals surface area contributed by atoms with Crippen LogP contribution in [0.5, 0.6) is 0 Å². The zero-order valence-corrected chi connectivity index (χ0v) is 8.46. The van der Waals surface area contributed by atoms with E-state index < -0.39 is 17.5 Å². The summed E-state index contributed by atoms with van der Waals surface area (Å²) >= 11 is 0. The van der Waals surface area contributed by atoms with Crippen LogP contribution in [0.15, 0.2) is 24.3 Å². The Morgan fingerprint density at radius 2 is 2.12 bits per heavy atom. The standard InChI is InChI=1S/C10H7FN4O2/c11-6-3-1-2-5(4-6)9-13-8(12)7(10(16)17)14-15-9/h1-4H,(H,16,17)(H2,12,13,15). The number of nitrogens with zero attached hydrogens (tertiary/aromatic N) is 3. The lowest BCUT2D eigenvalue weighted by Gasteiger charge is -2.02. The smallest absolute Gasteiger partial charge is 0.360 e. The Hall–Kier alpha value is -2.57. The molecule has 0 aliphatic rings. The lowest BCUT2D eigenvalue weighted by Crippen LogP contribution is -2.10. The van der Waals surface area contributed by atoms with Gasteiger partial charge in [0.1, 0.15) is 5.82 Å². The van der Waals surface area contributed by atoms with Crippen LogP contribution in [0.25, 0.3) is 11.4 Å². The lowest BCUT2D eigenvalue weighted by atomic mass is 10.2. The lowest BCUT2D eigenvalue weighted by molar-refractivity contribution is 0.0690. The van der Waals surface area contributed by atoms with Gasteiger partial charge < -0.3 is 10.8 Å². The van der Waals surface area contributed by atoms with Crippen LogP contribution in [-0.4, -0.2) is 26.3 Å². The Bertz CT molecular complexity index is 588. The molecule has 0 amide bonds. The van der Waals surface area contributed by atoms with Crippen molar-refractivity contribution < 1.29 is 14.3 Å². The van der Waals surface area contributed by atoms with Gasteiger partial charge in [-0.05, 0) is 12.1 Å². The first-order chi connectivity index (χ1) is 8.08. The predicted octanol–water partition coefficient (Wildman–Crippen LogP) is 0.958. The van der Waals surface area contributed by atoms with Crippen LogP contribution in [0.3, 0.4) is 0 Å². The number of carboxylic acid groups (broad SMARTS) is 1. The number of aromatic nitrogens is 3. The molecule has 0 aliphatic carbocycles. The number of hydrogen-bond acceptors (Lipinski definition) is 5. The SMILES string of the molecule is Nc1nc(-c2cccc(F)c2)nnc1C(=O)O. The van der Waals surface area contributed by atoms with E-state index in [9.17, 15) is 9.18 Å². The van der Waals surface area contributed by atoms with Gasteiger partial charge in [0.2, 0.25) is 5.69 Å². The van der Waals surface area contributed by atoms with Gasteiger partial charge in [0, 0.05) is 5.56 Å². The van der Waals surface area contributed by atoms with Gasteiger partial charge in [0.05, 0.1) is 0 Å². The normalized spacial score (nSPS) is 10.2. The number of nitrogens with two attached hydrogens (primary N) is 1. The molecule has 6 nitrogen and oxygen atoms in total. The fourth-order valence-electron chi connectivity index (χ4n) is 1.24. The third kappa shape index (κ3) is 2.17. The Kier molecular flexibility index (Phi) is 2.65. The summed E-state index contributed by atoms with van der Waals surface area (Å²) in [4.78, 5) is 14.4. The maximum Gasteiger partial charge on any atom is 0.360 e. The van der Waals surface area contributed by atoms with E-state index in [2.05, 4.69) is 15.2 Å². The molecule has 2 rings (SSSR count). The number of aromatic carboxylic acids is 1. The van der Waals surface area contributed by atoms with E-state index in [1.807, 2.05) is 0 Å². The molecule has 0 spiro atoms. The highest BCUT2D eigenvalue weighted by atomic mass is 19.1. The molecule has 0 fully saturated rings. The average molecular weight is 234 g/mol. The van der Waals surface area contributed by atoms with E-state index in [1.54, 1.807) is 6.07 Å². The van der Waals surface area contributed by atoms with Gasteiger partial charge >= 0.3 is 5.97 Å². The van der Waals surface area contributed by atoms with Crippen LogP contribution in [0.2, 0.25) is 0 Å². The van der Waals surface area contributed by atoms with Gasteiger partial charge in [-0.25, -0.2) is 14.2 Å². The van der Waals surface area contributed by atoms with Crippen molar-refractivity contribution in [3.63, 3.8) is 0 Å². The minimum absolute atomic E-state index is 0.0759. The van der Waals surface area contributed by atoms with Crippen molar-refractivity contribution in [3.8, 4) is 11.4 Å². The Labute approximate surface area is 94.9 Å². The summed E-state index contributed by atoms with van der Waals surface area (Å²) in [6.45, 7) is 0. The monoisotopic (exact) mass is 234 g/mol. The summed E-state index contributed by atoms with van der Waals surface area (Å²) in [5.41, 5.74) is 5.36. The first kappa shape index (κ1) is 10.9. The third-order valence-corrected chi connectivity index (χ3v) is 2.00. The highest BCUT2D eigenvalue weighted by molar-refractivity contribution is 5.90.